The van der Waals surface area contributed by atoms with Gasteiger partial charge in [0.1, 0.15) is 5.82 Å². The summed E-state index contributed by atoms with van der Waals surface area (Å²) < 4.78 is 0. The fraction of sp³-hybridized carbons (Fsp3) is 0.312. The maximum Gasteiger partial charge on any atom is 0.258 e. The van der Waals surface area contributed by atoms with Gasteiger partial charge in [-0.1, -0.05) is 0 Å². The first-order chi connectivity index (χ1) is 10.2. The van der Waals surface area contributed by atoms with E-state index < -0.39 is 0 Å². The number of amides is 1. The molecule has 3 rings (SSSR count). The zero-order valence-electron chi connectivity index (χ0n) is 12.0. The molecule has 0 saturated carbocycles. The predicted molar refractivity (Wildman–Crippen MR) is 82.6 cm³/mol. The predicted octanol–water partition coefficient (Wildman–Crippen LogP) is 2.64. The summed E-state index contributed by atoms with van der Waals surface area (Å²) in [6.45, 7) is 4.06. The summed E-state index contributed by atoms with van der Waals surface area (Å²) in [4.78, 5) is 22.8. The molecular weight excluding hydrogens is 264 g/mol. The highest BCUT2D eigenvalue weighted by Gasteiger charge is 2.13. The second kappa shape index (κ2) is 5.91. The van der Waals surface area contributed by atoms with Crippen LogP contribution in [-0.4, -0.2) is 29.0 Å². The molecule has 0 bridgehead atoms. The summed E-state index contributed by atoms with van der Waals surface area (Å²) >= 11 is 0. The first-order valence-electron chi connectivity index (χ1n) is 7.17. The van der Waals surface area contributed by atoms with E-state index in [0.717, 1.165) is 24.5 Å². The van der Waals surface area contributed by atoms with E-state index in [4.69, 9.17) is 0 Å². The van der Waals surface area contributed by atoms with Crippen LogP contribution in [0.15, 0.2) is 36.7 Å². The zero-order chi connectivity index (χ0) is 14.7. The summed E-state index contributed by atoms with van der Waals surface area (Å²) in [5.41, 5.74) is 2.54. The van der Waals surface area contributed by atoms with Gasteiger partial charge in [-0.25, -0.2) is 4.98 Å². The molecular formula is C16H18N4O. The van der Waals surface area contributed by atoms with Gasteiger partial charge in [-0.15, -0.1) is 0 Å². The van der Waals surface area contributed by atoms with Crippen molar-refractivity contribution in [3.8, 4) is 0 Å². The van der Waals surface area contributed by atoms with Crippen molar-refractivity contribution in [3.63, 3.8) is 0 Å². The Hall–Kier alpha value is -2.43. The third-order valence-corrected chi connectivity index (χ3v) is 3.63. The number of carbonyl (C=O) groups is 1. The van der Waals surface area contributed by atoms with Crippen molar-refractivity contribution in [2.45, 2.75) is 19.8 Å². The summed E-state index contributed by atoms with van der Waals surface area (Å²) in [6, 6.07) is 7.42. The molecule has 3 heterocycles. The Kier molecular flexibility index (Phi) is 3.81. The highest BCUT2D eigenvalue weighted by atomic mass is 16.1. The van der Waals surface area contributed by atoms with Crippen LogP contribution in [0.1, 0.15) is 28.9 Å². The molecule has 0 aliphatic carbocycles. The van der Waals surface area contributed by atoms with E-state index in [1.807, 2.05) is 31.3 Å². The van der Waals surface area contributed by atoms with E-state index in [9.17, 15) is 4.79 Å². The normalized spacial score (nSPS) is 14.2. The molecule has 1 amide bonds. The number of aromatic nitrogens is 2. The number of nitrogens with one attached hydrogen (secondary N) is 1. The molecule has 1 N–H and O–H groups in total. The summed E-state index contributed by atoms with van der Waals surface area (Å²) in [7, 11) is 0. The van der Waals surface area contributed by atoms with Crippen LogP contribution in [0, 0.1) is 6.92 Å². The third kappa shape index (κ3) is 3.18. The van der Waals surface area contributed by atoms with Crippen molar-refractivity contribution in [1.29, 1.82) is 0 Å². The van der Waals surface area contributed by atoms with Gasteiger partial charge in [-0.2, -0.15) is 0 Å². The topological polar surface area (TPSA) is 58.1 Å². The van der Waals surface area contributed by atoms with Gasteiger partial charge in [0.25, 0.3) is 5.91 Å². The first-order valence-corrected chi connectivity index (χ1v) is 7.17. The van der Waals surface area contributed by atoms with Crippen molar-refractivity contribution in [2.75, 3.05) is 23.3 Å². The van der Waals surface area contributed by atoms with Gasteiger partial charge in [0.05, 0.1) is 17.4 Å². The Labute approximate surface area is 124 Å². The largest absolute Gasteiger partial charge is 0.370 e. The lowest BCUT2D eigenvalue weighted by Crippen LogP contribution is -2.18. The Morgan fingerprint density at radius 1 is 1.10 bits per heavy atom. The molecule has 0 radical (unpaired) electrons. The SMILES string of the molecule is Cc1ccc(C(=O)Nc2ccc(N3CCCC3)cn2)cn1. The minimum absolute atomic E-state index is 0.191. The lowest BCUT2D eigenvalue weighted by Gasteiger charge is -2.17. The second-order valence-electron chi connectivity index (χ2n) is 5.24. The maximum atomic E-state index is 12.1. The summed E-state index contributed by atoms with van der Waals surface area (Å²) in [6.07, 6.45) is 5.86. The highest BCUT2D eigenvalue weighted by Crippen LogP contribution is 2.20. The number of aryl methyl sites for hydroxylation is 1. The number of nitrogens with zero attached hydrogens (tertiary/aromatic N) is 3. The molecule has 108 valence electrons. The number of rotatable bonds is 3. The zero-order valence-corrected chi connectivity index (χ0v) is 12.0. The molecule has 2 aromatic rings. The number of anilines is 2. The Bertz CT molecular complexity index is 616. The molecule has 5 nitrogen and oxygen atoms in total. The standard InChI is InChI=1S/C16H18N4O/c1-12-4-5-13(10-17-12)16(21)19-15-7-6-14(11-18-15)20-8-2-3-9-20/h4-7,10-11H,2-3,8-9H2,1H3,(H,18,19,21). The maximum absolute atomic E-state index is 12.1. The van der Waals surface area contributed by atoms with Crippen molar-refractivity contribution < 1.29 is 4.79 Å². The average Bonchev–Trinajstić information content (AvgIpc) is 3.03. The number of hydrogen-bond donors (Lipinski definition) is 1. The molecule has 1 aliphatic heterocycles. The molecule has 0 atom stereocenters. The van der Waals surface area contributed by atoms with Crippen molar-refractivity contribution >= 4 is 17.4 Å². The second-order valence-corrected chi connectivity index (χ2v) is 5.24. The van der Waals surface area contributed by atoms with Gasteiger partial charge in [-0.05, 0) is 44.0 Å². The van der Waals surface area contributed by atoms with Crippen LogP contribution >= 0.6 is 0 Å². The Morgan fingerprint density at radius 2 is 1.90 bits per heavy atom. The van der Waals surface area contributed by atoms with Crippen molar-refractivity contribution in [2.24, 2.45) is 0 Å². The molecule has 5 heteroatoms. The van der Waals surface area contributed by atoms with Crippen LogP contribution in [0.5, 0.6) is 0 Å². The van der Waals surface area contributed by atoms with Crippen LogP contribution in [0.4, 0.5) is 11.5 Å². The molecule has 21 heavy (non-hydrogen) atoms. The van der Waals surface area contributed by atoms with Crippen molar-refractivity contribution in [1.82, 2.24) is 9.97 Å². The first kappa shape index (κ1) is 13.5. The monoisotopic (exact) mass is 282 g/mol. The van der Waals surface area contributed by atoms with Gasteiger partial charge in [0, 0.05) is 25.0 Å². The van der Waals surface area contributed by atoms with Gasteiger partial charge < -0.3 is 10.2 Å². The molecule has 0 unspecified atom stereocenters. The van der Waals surface area contributed by atoms with Crippen LogP contribution in [-0.2, 0) is 0 Å². The third-order valence-electron chi connectivity index (χ3n) is 3.63. The van der Waals surface area contributed by atoms with Crippen LogP contribution < -0.4 is 10.2 Å². The van der Waals surface area contributed by atoms with Crippen molar-refractivity contribution in [3.05, 3.63) is 47.9 Å². The molecule has 2 aromatic heterocycles. The summed E-state index contributed by atoms with van der Waals surface area (Å²) in [5.74, 6) is 0.368. The van der Waals surface area contributed by atoms with Gasteiger partial charge in [0.2, 0.25) is 0 Å². The summed E-state index contributed by atoms with van der Waals surface area (Å²) in [5, 5.41) is 2.79. The Morgan fingerprint density at radius 3 is 2.52 bits per heavy atom. The highest BCUT2D eigenvalue weighted by molar-refractivity contribution is 6.03. The molecule has 1 saturated heterocycles. The van der Waals surface area contributed by atoms with E-state index in [0.29, 0.717) is 11.4 Å². The van der Waals surface area contributed by atoms with Crippen LogP contribution in [0.2, 0.25) is 0 Å². The molecule has 1 fully saturated rings. The smallest absolute Gasteiger partial charge is 0.258 e. The molecule has 0 spiro atoms. The van der Waals surface area contributed by atoms with Crippen LogP contribution in [0.25, 0.3) is 0 Å². The minimum atomic E-state index is -0.191. The lowest BCUT2D eigenvalue weighted by atomic mass is 10.2. The minimum Gasteiger partial charge on any atom is -0.370 e. The van der Waals surface area contributed by atoms with Gasteiger partial charge in [0.15, 0.2) is 0 Å². The molecule has 1 aliphatic rings. The number of pyridine rings is 2. The van der Waals surface area contributed by atoms with E-state index in [-0.39, 0.29) is 5.91 Å². The average molecular weight is 282 g/mol. The fourth-order valence-corrected chi connectivity index (χ4v) is 2.41. The van der Waals surface area contributed by atoms with Gasteiger partial charge >= 0.3 is 0 Å². The van der Waals surface area contributed by atoms with E-state index in [1.165, 1.54) is 12.8 Å². The van der Waals surface area contributed by atoms with E-state index in [2.05, 4.69) is 20.2 Å². The number of carbonyl (C=O) groups excluding carboxylic acids is 1. The molecule has 0 aromatic carbocycles. The number of hydrogen-bond acceptors (Lipinski definition) is 4. The van der Waals surface area contributed by atoms with Gasteiger partial charge in [-0.3, -0.25) is 9.78 Å². The van der Waals surface area contributed by atoms with E-state index >= 15 is 0 Å². The Balaban J connectivity index is 1.67. The van der Waals surface area contributed by atoms with E-state index in [1.54, 1.807) is 12.3 Å². The van der Waals surface area contributed by atoms with Crippen LogP contribution in [0.3, 0.4) is 0 Å². The quantitative estimate of drug-likeness (QED) is 0.940. The lowest BCUT2D eigenvalue weighted by molar-refractivity contribution is 0.102. The fourth-order valence-electron chi connectivity index (χ4n) is 2.41.